The van der Waals surface area contributed by atoms with Gasteiger partial charge in [0.25, 0.3) is 5.91 Å². The lowest BCUT2D eigenvalue weighted by molar-refractivity contribution is -0.113. The zero-order valence-electron chi connectivity index (χ0n) is 20.3. The summed E-state index contributed by atoms with van der Waals surface area (Å²) < 4.78 is 6.70. The van der Waals surface area contributed by atoms with Crippen LogP contribution in [0.5, 0.6) is 0 Å². The SMILES string of the molecule is CC(C)(C)c1ccc(-n2nnnc2SCC(=O)Nc2ccc(C(=O)NCc3ccco3)cc2Cl)c(Cl)c1. The predicted octanol–water partition coefficient (Wildman–Crippen LogP) is 5.52. The van der Waals surface area contributed by atoms with E-state index in [-0.39, 0.29) is 34.5 Å². The Morgan fingerprint density at radius 2 is 1.89 bits per heavy atom. The monoisotopic (exact) mass is 558 g/mol. The first-order valence-corrected chi connectivity index (χ1v) is 13.0. The highest BCUT2D eigenvalue weighted by Gasteiger charge is 2.19. The second-order valence-corrected chi connectivity index (χ2v) is 10.8. The maximum atomic E-state index is 12.6. The summed E-state index contributed by atoms with van der Waals surface area (Å²) in [5.41, 5.74) is 2.39. The van der Waals surface area contributed by atoms with Crippen LogP contribution in [0.25, 0.3) is 5.69 Å². The minimum absolute atomic E-state index is 0.0276. The number of furan rings is 1. The Kier molecular flexibility index (Phi) is 8.21. The molecule has 0 aliphatic rings. The van der Waals surface area contributed by atoms with Gasteiger partial charge in [0, 0.05) is 5.56 Å². The molecule has 9 nitrogen and oxygen atoms in total. The van der Waals surface area contributed by atoms with Crippen LogP contribution in [-0.4, -0.2) is 37.8 Å². The number of thioether (sulfide) groups is 1. The van der Waals surface area contributed by atoms with Crippen molar-refractivity contribution < 1.29 is 14.0 Å². The number of carbonyl (C=O) groups excluding carboxylic acids is 2. The van der Waals surface area contributed by atoms with Gasteiger partial charge in [0.1, 0.15) is 5.76 Å². The Labute approximate surface area is 227 Å². The fourth-order valence-corrected chi connectivity index (χ4v) is 4.49. The maximum Gasteiger partial charge on any atom is 0.251 e. The molecule has 2 heterocycles. The maximum absolute atomic E-state index is 12.6. The summed E-state index contributed by atoms with van der Waals surface area (Å²) >= 11 is 14.0. The molecule has 0 aliphatic heterocycles. The van der Waals surface area contributed by atoms with Gasteiger partial charge in [-0.1, -0.05) is 61.8 Å². The molecule has 4 rings (SSSR count). The van der Waals surface area contributed by atoms with Crippen LogP contribution < -0.4 is 10.6 Å². The number of carbonyl (C=O) groups is 2. The van der Waals surface area contributed by atoms with Crippen LogP contribution in [0.3, 0.4) is 0 Å². The van der Waals surface area contributed by atoms with Crippen LogP contribution in [0.2, 0.25) is 10.0 Å². The van der Waals surface area contributed by atoms with E-state index in [9.17, 15) is 9.59 Å². The average Bonchev–Trinajstić information content (AvgIpc) is 3.54. The topological polar surface area (TPSA) is 115 Å². The molecule has 0 aliphatic carbocycles. The van der Waals surface area contributed by atoms with Gasteiger partial charge in [0.15, 0.2) is 0 Å². The minimum Gasteiger partial charge on any atom is -0.467 e. The molecule has 2 aromatic heterocycles. The molecule has 2 aromatic carbocycles. The molecule has 4 aromatic rings. The highest BCUT2D eigenvalue weighted by atomic mass is 35.5. The molecule has 12 heteroatoms. The van der Waals surface area contributed by atoms with Gasteiger partial charge >= 0.3 is 0 Å². The Morgan fingerprint density at radius 3 is 2.57 bits per heavy atom. The number of rotatable bonds is 8. The lowest BCUT2D eigenvalue weighted by Gasteiger charge is -2.20. The van der Waals surface area contributed by atoms with Crippen molar-refractivity contribution in [1.82, 2.24) is 25.5 Å². The molecule has 2 N–H and O–H groups in total. The first-order chi connectivity index (χ1) is 17.6. The van der Waals surface area contributed by atoms with Crippen molar-refractivity contribution in [2.75, 3.05) is 11.1 Å². The van der Waals surface area contributed by atoms with Crippen molar-refractivity contribution in [1.29, 1.82) is 0 Å². The second kappa shape index (κ2) is 11.4. The molecule has 0 unspecified atom stereocenters. The first kappa shape index (κ1) is 26.7. The van der Waals surface area contributed by atoms with Gasteiger partial charge in [-0.2, -0.15) is 4.68 Å². The number of anilines is 1. The summed E-state index contributed by atoms with van der Waals surface area (Å²) in [5.74, 6) is 0.0363. The van der Waals surface area contributed by atoms with E-state index in [0.717, 1.165) is 17.3 Å². The quantitative estimate of drug-likeness (QED) is 0.273. The van der Waals surface area contributed by atoms with Crippen molar-refractivity contribution in [2.24, 2.45) is 0 Å². The number of hydrogen-bond donors (Lipinski definition) is 2. The highest BCUT2D eigenvalue weighted by molar-refractivity contribution is 7.99. The summed E-state index contributed by atoms with van der Waals surface area (Å²) in [4.78, 5) is 25.0. The van der Waals surface area contributed by atoms with E-state index in [0.29, 0.717) is 32.9 Å². The molecule has 0 saturated heterocycles. The van der Waals surface area contributed by atoms with Crippen molar-refractivity contribution >= 4 is 52.5 Å². The molecule has 0 bridgehead atoms. The van der Waals surface area contributed by atoms with Crippen molar-refractivity contribution in [3.05, 3.63) is 81.7 Å². The number of aromatic nitrogens is 4. The third-order valence-corrected chi connectivity index (χ3v) is 6.86. The third kappa shape index (κ3) is 6.71. The highest BCUT2D eigenvalue weighted by Crippen LogP contribution is 2.30. The Morgan fingerprint density at radius 1 is 1.08 bits per heavy atom. The molecule has 0 saturated carbocycles. The van der Waals surface area contributed by atoms with Crippen molar-refractivity contribution in [2.45, 2.75) is 37.9 Å². The largest absolute Gasteiger partial charge is 0.467 e. The Hall–Kier alpha value is -3.34. The number of nitrogens with one attached hydrogen (secondary N) is 2. The summed E-state index contributed by atoms with van der Waals surface area (Å²) in [6, 6.07) is 13.9. The predicted molar refractivity (Wildman–Crippen MR) is 144 cm³/mol. The molecule has 0 atom stereocenters. The van der Waals surface area contributed by atoms with E-state index in [1.54, 1.807) is 24.3 Å². The van der Waals surface area contributed by atoms with Gasteiger partial charge in [0.2, 0.25) is 11.1 Å². The molecule has 0 fully saturated rings. The van der Waals surface area contributed by atoms with Gasteiger partial charge in [-0.15, -0.1) is 5.10 Å². The van der Waals surface area contributed by atoms with E-state index in [1.807, 2.05) is 18.2 Å². The van der Waals surface area contributed by atoms with E-state index in [2.05, 4.69) is 46.9 Å². The zero-order valence-corrected chi connectivity index (χ0v) is 22.6. The number of amides is 2. The van der Waals surface area contributed by atoms with Gasteiger partial charge < -0.3 is 15.1 Å². The standard InChI is InChI=1S/C25H24Cl2N6O3S/c1-25(2,3)16-7-9-21(19(27)12-16)33-24(30-31-32-33)37-14-22(34)29-20-8-6-15(11-18(20)26)23(35)28-13-17-5-4-10-36-17/h4-12H,13-14H2,1-3H3,(H,28,35)(H,29,34). The van der Waals surface area contributed by atoms with Crippen molar-refractivity contribution in [3.8, 4) is 5.69 Å². The number of nitrogens with zero attached hydrogens (tertiary/aromatic N) is 4. The van der Waals surface area contributed by atoms with Gasteiger partial charge in [0.05, 0.1) is 40.0 Å². The van der Waals surface area contributed by atoms with Crippen LogP contribution in [0.15, 0.2) is 64.4 Å². The number of tetrazole rings is 1. The zero-order chi connectivity index (χ0) is 26.6. The van der Waals surface area contributed by atoms with Gasteiger partial charge in [-0.05, 0) is 63.9 Å². The smallest absolute Gasteiger partial charge is 0.251 e. The van der Waals surface area contributed by atoms with E-state index in [4.69, 9.17) is 27.6 Å². The number of benzene rings is 2. The van der Waals surface area contributed by atoms with Gasteiger partial charge in [-0.25, -0.2) is 0 Å². The van der Waals surface area contributed by atoms with Crippen LogP contribution in [0.4, 0.5) is 5.69 Å². The van der Waals surface area contributed by atoms with Crippen LogP contribution in [-0.2, 0) is 16.8 Å². The third-order valence-electron chi connectivity index (χ3n) is 5.32. The molecule has 2 amide bonds. The molecule has 192 valence electrons. The summed E-state index contributed by atoms with van der Waals surface area (Å²) in [6.45, 7) is 6.57. The average molecular weight is 559 g/mol. The van der Waals surface area contributed by atoms with Crippen LogP contribution in [0, 0.1) is 0 Å². The number of halogens is 2. The molecule has 37 heavy (non-hydrogen) atoms. The van der Waals surface area contributed by atoms with Crippen LogP contribution in [0.1, 0.15) is 42.5 Å². The summed E-state index contributed by atoms with van der Waals surface area (Å²) in [7, 11) is 0. The Bertz CT molecular complexity index is 1420. The molecular formula is C25H24Cl2N6O3S. The van der Waals surface area contributed by atoms with E-state index in [1.165, 1.54) is 17.0 Å². The fourth-order valence-electron chi connectivity index (χ4n) is 3.32. The number of hydrogen-bond acceptors (Lipinski definition) is 7. The second-order valence-electron chi connectivity index (χ2n) is 9.08. The normalized spacial score (nSPS) is 11.4. The van der Waals surface area contributed by atoms with Crippen LogP contribution >= 0.6 is 35.0 Å². The summed E-state index contributed by atoms with van der Waals surface area (Å²) in [6.07, 6.45) is 1.54. The molecule has 0 spiro atoms. The van der Waals surface area contributed by atoms with Gasteiger partial charge in [-0.3, -0.25) is 9.59 Å². The lowest BCUT2D eigenvalue weighted by atomic mass is 9.87. The first-order valence-electron chi connectivity index (χ1n) is 11.2. The molecule has 0 radical (unpaired) electrons. The summed E-state index contributed by atoms with van der Waals surface area (Å²) in [5, 5.41) is 18.4. The Balaban J connectivity index is 1.36. The van der Waals surface area contributed by atoms with Crippen molar-refractivity contribution in [3.63, 3.8) is 0 Å². The van der Waals surface area contributed by atoms with E-state index < -0.39 is 0 Å². The molecular weight excluding hydrogens is 535 g/mol. The fraction of sp³-hybridized carbons (Fsp3) is 0.240. The minimum atomic E-state index is -0.314. The van der Waals surface area contributed by atoms with E-state index >= 15 is 0 Å². The lowest BCUT2D eigenvalue weighted by Crippen LogP contribution is -2.22.